The Bertz CT molecular complexity index is 1030. The number of unbranched alkanes of at least 4 members (excludes halogenated alkanes) is 10. The van der Waals surface area contributed by atoms with Crippen LogP contribution in [-0.2, 0) is 23.1 Å². The van der Waals surface area contributed by atoms with Crippen molar-refractivity contribution in [1.82, 2.24) is 0 Å². The fraction of sp³-hybridized carbons (Fsp3) is 0.611. The summed E-state index contributed by atoms with van der Waals surface area (Å²) in [6, 6.07) is 16.8. The summed E-state index contributed by atoms with van der Waals surface area (Å²) in [4.78, 5) is 13.8. The minimum Gasteiger partial charge on any atom is -0.424 e. The van der Waals surface area contributed by atoms with Crippen LogP contribution in [0.25, 0.3) is 0 Å². The average Bonchev–Trinajstić information content (AvgIpc) is 2.97. The molecule has 0 heterocycles. The lowest BCUT2D eigenvalue weighted by atomic mass is 9.69. The van der Waals surface area contributed by atoms with Gasteiger partial charge in [0.2, 0.25) is 0 Å². The summed E-state index contributed by atoms with van der Waals surface area (Å²) in [5.41, 5.74) is 3.40. The maximum Gasteiger partial charge on any atom is 0.321 e. The third-order valence-electron chi connectivity index (χ3n) is 8.61. The maximum absolute atomic E-state index is 13.8. The van der Waals surface area contributed by atoms with E-state index in [0.29, 0.717) is 11.3 Å². The number of ether oxygens (including phenoxy) is 1. The molecule has 0 saturated heterocycles. The molecule has 0 spiro atoms. The van der Waals surface area contributed by atoms with Crippen molar-refractivity contribution in [2.24, 2.45) is 0 Å². The van der Waals surface area contributed by atoms with Crippen LogP contribution in [0, 0.1) is 11.3 Å². The summed E-state index contributed by atoms with van der Waals surface area (Å²) in [5, 5.41) is 9.85. The van der Waals surface area contributed by atoms with Gasteiger partial charge in [0.05, 0.1) is 11.0 Å². The Hall–Kier alpha value is -2.60. The highest BCUT2D eigenvalue weighted by Crippen LogP contribution is 2.41. The Morgan fingerprint density at radius 3 is 1.87 bits per heavy atom. The first-order valence-corrected chi connectivity index (χ1v) is 16.0. The molecule has 2 aromatic rings. The van der Waals surface area contributed by atoms with Gasteiger partial charge in [-0.3, -0.25) is 4.79 Å². The molecule has 3 rings (SSSR count). The third kappa shape index (κ3) is 9.52. The SMILES string of the molecule is CCCCCCCCCc1ccc(OC(=O)C2(c3ccc(CCCCCCC)cc3)CCCCC2)c(C#N)c1. The van der Waals surface area contributed by atoms with Gasteiger partial charge >= 0.3 is 5.97 Å². The third-order valence-corrected chi connectivity index (χ3v) is 8.61. The van der Waals surface area contributed by atoms with Crippen LogP contribution < -0.4 is 4.74 Å². The van der Waals surface area contributed by atoms with Crippen LogP contribution >= 0.6 is 0 Å². The molecule has 1 aliphatic rings. The van der Waals surface area contributed by atoms with Gasteiger partial charge in [-0.05, 0) is 67.3 Å². The summed E-state index contributed by atoms with van der Waals surface area (Å²) >= 11 is 0. The summed E-state index contributed by atoms with van der Waals surface area (Å²) < 4.78 is 6.04. The van der Waals surface area contributed by atoms with E-state index in [1.807, 2.05) is 18.2 Å². The number of benzene rings is 2. The summed E-state index contributed by atoms with van der Waals surface area (Å²) in [5.74, 6) is 0.199. The normalized spacial score (nSPS) is 14.6. The van der Waals surface area contributed by atoms with E-state index >= 15 is 0 Å². The largest absolute Gasteiger partial charge is 0.424 e. The first-order chi connectivity index (χ1) is 19.1. The van der Waals surface area contributed by atoms with Crippen molar-refractivity contribution >= 4 is 5.97 Å². The van der Waals surface area contributed by atoms with Crippen molar-refractivity contribution in [2.75, 3.05) is 0 Å². The number of carbonyl (C=O) groups excluding carboxylic acids is 1. The van der Waals surface area contributed by atoms with Gasteiger partial charge in [0.25, 0.3) is 0 Å². The Morgan fingerprint density at radius 2 is 1.28 bits per heavy atom. The van der Waals surface area contributed by atoms with E-state index in [1.54, 1.807) is 0 Å². The van der Waals surface area contributed by atoms with Crippen molar-refractivity contribution < 1.29 is 9.53 Å². The Labute approximate surface area is 238 Å². The van der Waals surface area contributed by atoms with Crippen LogP contribution in [0.1, 0.15) is 145 Å². The van der Waals surface area contributed by atoms with Crippen molar-refractivity contribution in [1.29, 1.82) is 5.26 Å². The van der Waals surface area contributed by atoms with E-state index in [0.717, 1.165) is 62.5 Å². The average molecular weight is 530 g/mol. The van der Waals surface area contributed by atoms with Gasteiger partial charge in [-0.1, -0.05) is 128 Å². The first-order valence-electron chi connectivity index (χ1n) is 16.0. The lowest BCUT2D eigenvalue weighted by molar-refractivity contribution is -0.142. The quantitative estimate of drug-likeness (QED) is 0.116. The molecule has 1 saturated carbocycles. The molecule has 0 N–H and O–H groups in total. The second-order valence-corrected chi connectivity index (χ2v) is 11.7. The predicted octanol–water partition coefficient (Wildman–Crippen LogP) is 10.2. The smallest absolute Gasteiger partial charge is 0.321 e. The van der Waals surface area contributed by atoms with E-state index in [1.165, 1.54) is 76.2 Å². The molecule has 2 aromatic carbocycles. The number of hydrogen-bond acceptors (Lipinski definition) is 3. The molecule has 0 aromatic heterocycles. The van der Waals surface area contributed by atoms with Gasteiger partial charge < -0.3 is 4.74 Å². The second kappa shape index (κ2) is 17.2. The van der Waals surface area contributed by atoms with Gasteiger partial charge in [0.15, 0.2) is 0 Å². The van der Waals surface area contributed by atoms with E-state index in [2.05, 4.69) is 44.2 Å². The number of hydrogen-bond donors (Lipinski definition) is 0. The standard InChI is InChI=1S/C36H51NO2/c1-3-5-7-9-10-12-15-19-31-22-25-34(32(28-31)29-37)39-35(38)36(26-16-13-17-27-36)33-23-20-30(21-24-33)18-14-11-8-6-4-2/h20-25,28H,3-19,26-27H2,1-2H3. The number of nitrogens with zero attached hydrogens (tertiary/aromatic N) is 1. The van der Waals surface area contributed by atoms with Gasteiger partial charge in [-0.15, -0.1) is 0 Å². The van der Waals surface area contributed by atoms with Gasteiger partial charge in [-0.2, -0.15) is 5.26 Å². The minimum absolute atomic E-state index is 0.203. The Balaban J connectivity index is 1.63. The van der Waals surface area contributed by atoms with Gasteiger partial charge in [0, 0.05) is 0 Å². The highest BCUT2D eigenvalue weighted by Gasteiger charge is 2.43. The number of aryl methyl sites for hydroxylation is 2. The molecule has 212 valence electrons. The molecular weight excluding hydrogens is 478 g/mol. The zero-order valence-corrected chi connectivity index (χ0v) is 24.7. The molecule has 39 heavy (non-hydrogen) atoms. The number of nitriles is 1. The molecule has 0 radical (unpaired) electrons. The monoisotopic (exact) mass is 529 g/mol. The first kappa shape index (κ1) is 30.9. The molecule has 1 aliphatic carbocycles. The molecule has 1 fully saturated rings. The maximum atomic E-state index is 13.8. The summed E-state index contributed by atoms with van der Waals surface area (Å²) in [6.45, 7) is 4.50. The zero-order valence-electron chi connectivity index (χ0n) is 24.7. The van der Waals surface area contributed by atoms with Crippen LogP contribution in [0.4, 0.5) is 0 Å². The molecule has 3 heteroatoms. The molecule has 0 unspecified atom stereocenters. The summed E-state index contributed by atoms with van der Waals surface area (Å²) in [7, 11) is 0. The van der Waals surface area contributed by atoms with E-state index in [9.17, 15) is 10.1 Å². The second-order valence-electron chi connectivity index (χ2n) is 11.7. The molecule has 0 bridgehead atoms. The highest BCUT2D eigenvalue weighted by atomic mass is 16.5. The van der Waals surface area contributed by atoms with Crippen molar-refractivity contribution in [3.63, 3.8) is 0 Å². The van der Waals surface area contributed by atoms with Crippen molar-refractivity contribution in [2.45, 2.75) is 141 Å². The molecular formula is C36H51NO2. The van der Waals surface area contributed by atoms with Crippen molar-refractivity contribution in [3.05, 3.63) is 64.7 Å². The van der Waals surface area contributed by atoms with Crippen molar-refractivity contribution in [3.8, 4) is 11.8 Å². The fourth-order valence-corrected chi connectivity index (χ4v) is 6.08. The minimum atomic E-state index is -0.624. The van der Waals surface area contributed by atoms with Gasteiger partial charge in [0.1, 0.15) is 11.8 Å². The summed E-state index contributed by atoms with van der Waals surface area (Å²) in [6.07, 6.45) is 22.2. The Kier molecular flexibility index (Phi) is 13.6. The fourth-order valence-electron chi connectivity index (χ4n) is 6.08. The molecule has 0 amide bonds. The van der Waals surface area contributed by atoms with E-state index in [-0.39, 0.29) is 5.97 Å². The number of carbonyl (C=O) groups is 1. The zero-order chi connectivity index (χ0) is 27.8. The lowest BCUT2D eigenvalue weighted by Gasteiger charge is -2.35. The van der Waals surface area contributed by atoms with Crippen LogP contribution in [0.2, 0.25) is 0 Å². The highest BCUT2D eigenvalue weighted by molar-refractivity contribution is 5.85. The van der Waals surface area contributed by atoms with E-state index < -0.39 is 5.41 Å². The lowest BCUT2D eigenvalue weighted by Crippen LogP contribution is -2.41. The Morgan fingerprint density at radius 1 is 0.744 bits per heavy atom. The molecule has 0 atom stereocenters. The number of rotatable bonds is 17. The molecule has 0 aliphatic heterocycles. The number of esters is 1. The van der Waals surface area contributed by atoms with Crippen LogP contribution in [0.5, 0.6) is 5.75 Å². The van der Waals surface area contributed by atoms with Crippen LogP contribution in [-0.4, -0.2) is 5.97 Å². The predicted molar refractivity (Wildman–Crippen MR) is 162 cm³/mol. The van der Waals surface area contributed by atoms with Gasteiger partial charge in [-0.25, -0.2) is 0 Å². The van der Waals surface area contributed by atoms with E-state index in [4.69, 9.17) is 4.74 Å². The van der Waals surface area contributed by atoms with Crippen LogP contribution in [0.15, 0.2) is 42.5 Å². The molecule has 3 nitrogen and oxygen atoms in total. The topological polar surface area (TPSA) is 50.1 Å². The van der Waals surface area contributed by atoms with Crippen LogP contribution in [0.3, 0.4) is 0 Å².